The van der Waals surface area contributed by atoms with Gasteiger partial charge in [-0.05, 0) is 86.0 Å². The molecule has 7 aromatic rings. The van der Waals surface area contributed by atoms with E-state index in [2.05, 4.69) is 24.6 Å². The van der Waals surface area contributed by atoms with Crippen LogP contribution >= 0.6 is 23.2 Å². The number of halogens is 2. The molecule has 51 heavy (non-hydrogen) atoms. The number of benzene rings is 3. The normalized spacial score (nSPS) is 11.2. The SMILES string of the molecule is [C-]#[N+]c1cc2c(-c3cncc(N)c3Cl)c(C)[nH]c2cc1C.[C-]#[N+]c1cc2c(-c3cncc(N)c3Cl)c(C)n(S(=O)(=O)c3ccccc3)c2cc1C. The van der Waals surface area contributed by atoms with Crippen LogP contribution in [0, 0.1) is 40.8 Å². The van der Waals surface area contributed by atoms with Crippen LogP contribution in [0.15, 0.2) is 84.3 Å². The first-order chi connectivity index (χ1) is 24.3. The summed E-state index contributed by atoms with van der Waals surface area (Å²) < 4.78 is 28.4. The highest BCUT2D eigenvalue weighted by atomic mass is 35.5. The number of anilines is 2. The number of hydrogen-bond acceptors (Lipinski definition) is 6. The molecule has 4 heterocycles. The van der Waals surface area contributed by atoms with E-state index in [0.29, 0.717) is 55.4 Å². The third-order valence-electron chi connectivity index (χ3n) is 8.65. The molecule has 0 aliphatic carbocycles. The van der Waals surface area contributed by atoms with E-state index in [1.54, 1.807) is 68.7 Å². The van der Waals surface area contributed by atoms with E-state index in [4.69, 9.17) is 47.8 Å². The molecule has 0 saturated carbocycles. The van der Waals surface area contributed by atoms with Crippen LogP contribution in [0.2, 0.25) is 10.0 Å². The molecule has 0 aliphatic heterocycles. The molecule has 13 heteroatoms. The van der Waals surface area contributed by atoms with Gasteiger partial charge in [0.2, 0.25) is 0 Å². The van der Waals surface area contributed by atoms with E-state index >= 15 is 0 Å². The summed E-state index contributed by atoms with van der Waals surface area (Å²) in [7, 11) is -3.90. The minimum absolute atomic E-state index is 0.167. The zero-order valence-corrected chi connectivity index (χ0v) is 30.2. The largest absolute Gasteiger partial charge is 0.396 e. The molecule has 0 saturated heterocycles. The van der Waals surface area contributed by atoms with E-state index in [1.807, 2.05) is 26.0 Å². The van der Waals surface area contributed by atoms with Crippen LogP contribution in [0.3, 0.4) is 0 Å². The summed E-state index contributed by atoms with van der Waals surface area (Å²) in [6.45, 7) is 22.1. The number of rotatable bonds is 4. The topological polar surface area (TPSA) is 141 Å². The monoisotopic (exact) mass is 732 g/mol. The number of nitrogens with zero attached hydrogens (tertiary/aromatic N) is 5. The number of nitrogen functional groups attached to an aromatic ring is 2. The van der Waals surface area contributed by atoms with Crippen LogP contribution in [-0.4, -0.2) is 27.3 Å². The smallest absolute Gasteiger partial charge is 0.268 e. The van der Waals surface area contributed by atoms with Gasteiger partial charge in [0.15, 0.2) is 11.4 Å². The Kier molecular flexibility index (Phi) is 9.24. The van der Waals surface area contributed by atoms with Crippen molar-refractivity contribution in [3.63, 3.8) is 0 Å². The van der Waals surface area contributed by atoms with Gasteiger partial charge in [-0.1, -0.05) is 41.4 Å². The van der Waals surface area contributed by atoms with E-state index in [9.17, 15) is 8.42 Å². The van der Waals surface area contributed by atoms with Crippen molar-refractivity contribution >= 4 is 77.8 Å². The molecule has 0 unspecified atom stereocenters. The van der Waals surface area contributed by atoms with Gasteiger partial charge >= 0.3 is 0 Å². The summed E-state index contributed by atoms with van der Waals surface area (Å²) >= 11 is 12.8. The summed E-state index contributed by atoms with van der Waals surface area (Å²) in [5.74, 6) is 0. The second kappa shape index (κ2) is 13.5. The maximum Gasteiger partial charge on any atom is 0.268 e. The summed E-state index contributed by atoms with van der Waals surface area (Å²) in [5, 5.41) is 2.32. The van der Waals surface area contributed by atoms with Gasteiger partial charge in [-0.25, -0.2) is 22.1 Å². The van der Waals surface area contributed by atoms with Gasteiger partial charge in [-0.3, -0.25) is 9.97 Å². The maximum atomic E-state index is 13.6. The van der Waals surface area contributed by atoms with Gasteiger partial charge in [-0.15, -0.1) is 0 Å². The Labute approximate surface area is 305 Å². The fourth-order valence-electron chi connectivity index (χ4n) is 6.21. The molecular formula is C38H30Cl2N8O2S. The number of aromatic amines is 1. The fourth-order valence-corrected chi connectivity index (χ4v) is 8.16. The molecule has 10 nitrogen and oxygen atoms in total. The standard InChI is InChI=1S/C22H17ClN4O2S.C16H13ClN4/c1-13-9-20-16(10-19(13)25-3)21(17-11-26-12-18(24)22(17)23)14(2)27(20)30(28,29)15-7-5-4-6-8-15;1-8-4-14-10(5-13(8)19-3)15(9(2)21-14)11-6-20-7-12(18)16(11)17/h4-12H,24H2,1-2H3;4-7,21H,18H2,1-2H3. The Morgan fingerprint density at radius 2 is 1.27 bits per heavy atom. The van der Waals surface area contributed by atoms with E-state index in [-0.39, 0.29) is 15.6 Å². The van der Waals surface area contributed by atoms with E-state index < -0.39 is 10.0 Å². The van der Waals surface area contributed by atoms with Gasteiger partial charge in [-0.2, -0.15) is 0 Å². The molecule has 0 radical (unpaired) electrons. The highest BCUT2D eigenvalue weighted by Crippen LogP contribution is 2.43. The number of nitrogens with two attached hydrogens (primary N) is 2. The van der Waals surface area contributed by atoms with Crippen LogP contribution in [0.1, 0.15) is 22.5 Å². The number of H-pyrrole nitrogens is 1. The van der Waals surface area contributed by atoms with Gasteiger partial charge in [0, 0.05) is 51.6 Å². The van der Waals surface area contributed by atoms with Crippen molar-refractivity contribution in [3.8, 4) is 22.3 Å². The maximum absolute atomic E-state index is 13.6. The van der Waals surface area contributed by atoms with Crippen LogP contribution < -0.4 is 11.5 Å². The lowest BCUT2D eigenvalue weighted by molar-refractivity contribution is 0.588. The number of pyridine rings is 2. The van der Waals surface area contributed by atoms with E-state index in [1.165, 1.54) is 16.4 Å². The number of nitrogens with one attached hydrogen (secondary N) is 1. The lowest BCUT2D eigenvalue weighted by Crippen LogP contribution is -2.14. The second-order valence-electron chi connectivity index (χ2n) is 11.9. The fraction of sp³-hybridized carbons (Fsp3) is 0.105. The molecule has 7 rings (SSSR count). The molecular weight excluding hydrogens is 703 g/mol. The van der Waals surface area contributed by atoms with Gasteiger partial charge in [0.25, 0.3) is 10.0 Å². The molecule has 5 N–H and O–H groups in total. The van der Waals surface area contributed by atoms with Crippen molar-refractivity contribution in [3.05, 3.63) is 135 Å². The predicted octanol–water partition coefficient (Wildman–Crippen LogP) is 9.98. The number of aryl methyl sites for hydroxylation is 3. The number of aromatic nitrogens is 4. The first-order valence-electron chi connectivity index (χ1n) is 15.4. The Hall–Kier alpha value is -5.85. The molecule has 4 aromatic heterocycles. The highest BCUT2D eigenvalue weighted by molar-refractivity contribution is 7.90. The minimum atomic E-state index is -3.90. The molecule has 0 fully saturated rings. The average molecular weight is 734 g/mol. The van der Waals surface area contributed by atoms with Crippen molar-refractivity contribution in [2.24, 2.45) is 0 Å². The van der Waals surface area contributed by atoms with Crippen LogP contribution in [0.4, 0.5) is 22.7 Å². The average Bonchev–Trinajstić information content (AvgIpc) is 3.58. The lowest BCUT2D eigenvalue weighted by atomic mass is 10.0. The van der Waals surface area contributed by atoms with Crippen LogP contribution in [-0.2, 0) is 10.0 Å². The zero-order chi connectivity index (χ0) is 36.8. The summed E-state index contributed by atoms with van der Waals surface area (Å²) in [4.78, 5) is 18.9. The molecule has 3 aromatic carbocycles. The van der Waals surface area contributed by atoms with Crippen molar-refractivity contribution in [1.82, 2.24) is 18.9 Å². The van der Waals surface area contributed by atoms with E-state index in [0.717, 1.165) is 33.3 Å². The Morgan fingerprint density at radius 3 is 1.84 bits per heavy atom. The molecule has 0 atom stereocenters. The first kappa shape index (κ1) is 35.0. The summed E-state index contributed by atoms with van der Waals surface area (Å²) in [5.41, 5.74) is 20.9. The minimum Gasteiger partial charge on any atom is -0.396 e. The lowest BCUT2D eigenvalue weighted by Gasteiger charge is -2.11. The molecule has 0 bridgehead atoms. The third-order valence-corrected chi connectivity index (χ3v) is 11.3. The van der Waals surface area contributed by atoms with Crippen molar-refractivity contribution in [2.45, 2.75) is 32.6 Å². The summed E-state index contributed by atoms with van der Waals surface area (Å²) in [6, 6.07) is 15.5. The third kappa shape index (κ3) is 6.02. The Morgan fingerprint density at radius 1 is 0.745 bits per heavy atom. The van der Waals surface area contributed by atoms with Gasteiger partial charge < -0.3 is 16.5 Å². The highest BCUT2D eigenvalue weighted by Gasteiger charge is 2.27. The van der Waals surface area contributed by atoms with Crippen LogP contribution in [0.5, 0.6) is 0 Å². The van der Waals surface area contributed by atoms with Crippen LogP contribution in [0.25, 0.3) is 53.7 Å². The molecule has 254 valence electrons. The van der Waals surface area contributed by atoms with Crippen molar-refractivity contribution in [1.29, 1.82) is 0 Å². The Balaban J connectivity index is 0.000000187. The Bertz CT molecular complexity index is 2720. The quantitative estimate of drug-likeness (QED) is 0.154. The first-order valence-corrected chi connectivity index (χ1v) is 17.6. The van der Waals surface area contributed by atoms with Gasteiger partial charge in [0.1, 0.15) is 0 Å². The number of hydrogen-bond donors (Lipinski definition) is 3. The van der Waals surface area contributed by atoms with Crippen molar-refractivity contribution in [2.75, 3.05) is 11.5 Å². The molecule has 0 amide bonds. The predicted molar refractivity (Wildman–Crippen MR) is 206 cm³/mol. The molecule has 0 spiro atoms. The summed E-state index contributed by atoms with van der Waals surface area (Å²) in [6.07, 6.45) is 6.23. The van der Waals surface area contributed by atoms with Crippen molar-refractivity contribution < 1.29 is 8.42 Å². The second-order valence-corrected chi connectivity index (χ2v) is 14.5. The zero-order valence-electron chi connectivity index (χ0n) is 27.9. The number of fused-ring (bicyclic) bond motifs is 2. The molecule has 0 aliphatic rings. The van der Waals surface area contributed by atoms with Gasteiger partial charge in [0.05, 0.1) is 57.4 Å².